The van der Waals surface area contributed by atoms with Gasteiger partial charge in [-0.05, 0) is 12.0 Å². The number of hydrogen-bond donors (Lipinski definition) is 4. The average Bonchev–Trinajstić information content (AvgIpc) is 2.30. The van der Waals surface area contributed by atoms with Gasteiger partial charge in [0.2, 0.25) is 0 Å². The molecule has 0 heterocycles. The molecule has 1 aromatic rings. The lowest BCUT2D eigenvalue weighted by molar-refractivity contribution is -0.138. The van der Waals surface area contributed by atoms with Crippen LogP contribution in [0.1, 0.15) is 5.56 Å². The highest BCUT2D eigenvalue weighted by Gasteiger charge is 2.34. The van der Waals surface area contributed by atoms with Crippen molar-refractivity contribution in [1.29, 1.82) is 0 Å². The number of nitrogens with two attached hydrogens (primary N) is 1. The minimum atomic E-state index is -1.64. The topological polar surface area (TPSA) is 138 Å². The van der Waals surface area contributed by atoms with Crippen LogP contribution in [0.25, 0.3) is 0 Å². The maximum absolute atomic E-state index is 10.8. The number of hydrogen-bond acceptors (Lipinski definition) is 4. The molecule has 0 saturated carbocycles. The summed E-state index contributed by atoms with van der Waals surface area (Å²) in [5, 5.41) is 26.3. The minimum Gasteiger partial charge on any atom is -0.488 e. The predicted molar refractivity (Wildman–Crippen MR) is 67.2 cm³/mol. The number of rotatable bonds is 6. The Kier molecular flexibility index (Phi) is 4.65. The number of benzene rings is 1. The van der Waals surface area contributed by atoms with Crippen LogP contribution in [-0.2, 0) is 11.2 Å². The van der Waals surface area contributed by atoms with Crippen LogP contribution in [0.3, 0.4) is 0 Å². The normalized spacial score (nSPS) is 11.6. The van der Waals surface area contributed by atoms with E-state index >= 15 is 0 Å². The summed E-state index contributed by atoms with van der Waals surface area (Å²) in [5.74, 6) is -4.05. The summed E-state index contributed by atoms with van der Waals surface area (Å²) in [4.78, 5) is 32.2. The molecular weight excluding hydrogens is 253 g/mol. The van der Waals surface area contributed by atoms with E-state index in [4.69, 9.17) is 21.1 Å². The van der Waals surface area contributed by atoms with Crippen LogP contribution in [0.5, 0.6) is 0 Å². The molecule has 1 aromatic carbocycles. The van der Waals surface area contributed by atoms with E-state index in [1.165, 1.54) is 24.3 Å². The summed E-state index contributed by atoms with van der Waals surface area (Å²) >= 11 is 0. The van der Waals surface area contributed by atoms with E-state index < -0.39 is 30.5 Å². The Morgan fingerprint density at radius 1 is 1.05 bits per heavy atom. The zero-order chi connectivity index (χ0) is 14.6. The van der Waals surface area contributed by atoms with Crippen molar-refractivity contribution in [3.63, 3.8) is 0 Å². The molecule has 0 saturated heterocycles. The van der Waals surface area contributed by atoms with Crippen LogP contribution < -0.4 is 11.2 Å². The van der Waals surface area contributed by atoms with Gasteiger partial charge in [0, 0.05) is 0 Å². The van der Waals surface area contributed by atoms with Crippen LogP contribution in [0.15, 0.2) is 24.3 Å². The first kappa shape index (κ1) is 14.7. The van der Waals surface area contributed by atoms with Gasteiger partial charge in [0.15, 0.2) is 0 Å². The SMILES string of the molecule is N[C@@H](Cc1ccc(B(C(=O)O)C(=O)O)cc1)C(=O)O. The molecule has 100 valence electrons. The largest absolute Gasteiger partial charge is 0.488 e. The average molecular weight is 265 g/mol. The van der Waals surface area contributed by atoms with Crippen LogP contribution in [-0.4, -0.2) is 45.8 Å². The Morgan fingerprint density at radius 3 is 1.89 bits per heavy atom. The molecular formula is C11H12BNO6. The van der Waals surface area contributed by atoms with E-state index in [2.05, 4.69) is 0 Å². The first-order valence-electron chi connectivity index (χ1n) is 5.35. The van der Waals surface area contributed by atoms with E-state index in [1.807, 2.05) is 0 Å². The molecule has 1 atom stereocenters. The lowest BCUT2D eigenvalue weighted by Crippen LogP contribution is -2.45. The maximum Gasteiger partial charge on any atom is 0.439 e. The highest BCUT2D eigenvalue weighted by molar-refractivity contribution is 7.16. The van der Waals surface area contributed by atoms with Gasteiger partial charge >= 0.3 is 12.7 Å². The molecule has 0 unspecified atom stereocenters. The van der Waals surface area contributed by atoms with Gasteiger partial charge in [-0.2, -0.15) is 0 Å². The quantitative estimate of drug-likeness (QED) is 0.525. The molecule has 19 heavy (non-hydrogen) atoms. The molecule has 0 spiro atoms. The standard InChI is InChI=1S/C11H12BNO6/c13-8(9(14)15)5-6-1-3-7(4-2-6)12(10(16)17)11(18)19/h1-4,8H,5,13H2,(H,14,15)(H,16,17)(H,18,19)/t8-/m0/s1. The van der Waals surface area contributed by atoms with Crippen molar-refractivity contribution >= 4 is 29.9 Å². The van der Waals surface area contributed by atoms with Crippen LogP contribution in [0, 0.1) is 0 Å². The van der Waals surface area contributed by atoms with E-state index in [0.717, 1.165) is 0 Å². The highest BCUT2D eigenvalue weighted by Crippen LogP contribution is 2.02. The second-order valence-electron chi connectivity index (χ2n) is 4.00. The highest BCUT2D eigenvalue weighted by atomic mass is 16.4. The molecule has 0 fully saturated rings. The molecule has 0 bridgehead atoms. The lowest BCUT2D eigenvalue weighted by Gasteiger charge is -2.08. The Balaban J connectivity index is 2.89. The zero-order valence-corrected chi connectivity index (χ0v) is 9.81. The summed E-state index contributed by atoms with van der Waals surface area (Å²) in [6.45, 7) is -1.64. The van der Waals surface area contributed by atoms with E-state index in [1.54, 1.807) is 0 Å². The Hall–Kier alpha value is -2.35. The summed E-state index contributed by atoms with van der Waals surface area (Å²) in [6.07, 6.45) is 0.0838. The second kappa shape index (κ2) is 6.01. The molecule has 0 aliphatic heterocycles. The van der Waals surface area contributed by atoms with E-state index in [0.29, 0.717) is 5.56 Å². The van der Waals surface area contributed by atoms with Gasteiger partial charge in [0.05, 0.1) is 0 Å². The summed E-state index contributed by atoms with van der Waals surface area (Å²) < 4.78 is 0. The van der Waals surface area contributed by atoms with Gasteiger partial charge < -0.3 is 21.1 Å². The van der Waals surface area contributed by atoms with Crippen LogP contribution in [0.2, 0.25) is 0 Å². The fraction of sp³-hybridized carbons (Fsp3) is 0.182. The smallest absolute Gasteiger partial charge is 0.439 e. The van der Waals surface area contributed by atoms with Gasteiger partial charge in [-0.25, -0.2) is 0 Å². The third kappa shape index (κ3) is 3.82. The Morgan fingerprint density at radius 2 is 1.53 bits per heavy atom. The molecule has 0 aliphatic carbocycles. The molecule has 5 N–H and O–H groups in total. The fourth-order valence-corrected chi connectivity index (χ4v) is 1.58. The van der Waals surface area contributed by atoms with Crippen molar-refractivity contribution < 1.29 is 29.7 Å². The maximum atomic E-state index is 10.8. The number of carboxylic acids is 1. The molecule has 0 aliphatic rings. The molecule has 0 radical (unpaired) electrons. The fourth-order valence-electron chi connectivity index (χ4n) is 1.58. The van der Waals surface area contributed by atoms with Crippen molar-refractivity contribution in [1.82, 2.24) is 0 Å². The summed E-state index contributed by atoms with van der Waals surface area (Å²) in [5.41, 5.74) is 6.06. The molecule has 0 amide bonds. The van der Waals surface area contributed by atoms with E-state index in [-0.39, 0.29) is 11.9 Å². The zero-order valence-electron chi connectivity index (χ0n) is 9.81. The van der Waals surface area contributed by atoms with Crippen molar-refractivity contribution in [3.8, 4) is 0 Å². The number of carboxylic acid groups (broad SMARTS) is 3. The van der Waals surface area contributed by atoms with Gasteiger partial charge in [-0.15, -0.1) is 0 Å². The van der Waals surface area contributed by atoms with Gasteiger partial charge in [0.1, 0.15) is 6.04 Å². The first-order valence-corrected chi connectivity index (χ1v) is 5.35. The molecule has 1 rings (SSSR count). The number of aliphatic carboxylic acids is 1. The third-order valence-electron chi connectivity index (χ3n) is 2.58. The van der Waals surface area contributed by atoms with Gasteiger partial charge in [0.25, 0.3) is 11.7 Å². The van der Waals surface area contributed by atoms with Crippen molar-refractivity contribution in [2.45, 2.75) is 12.5 Å². The third-order valence-corrected chi connectivity index (χ3v) is 2.58. The molecule has 0 aromatic heterocycles. The first-order chi connectivity index (χ1) is 8.82. The predicted octanol–water partition coefficient (Wildman–Crippen LogP) is -0.138. The second-order valence-corrected chi connectivity index (χ2v) is 4.00. The van der Waals surface area contributed by atoms with Gasteiger partial charge in [-0.1, -0.05) is 29.7 Å². The van der Waals surface area contributed by atoms with Crippen molar-refractivity contribution in [2.75, 3.05) is 0 Å². The van der Waals surface area contributed by atoms with E-state index in [9.17, 15) is 14.4 Å². The molecule has 8 heteroatoms. The number of carbonyl (C=O) groups is 3. The summed E-state index contributed by atoms with van der Waals surface area (Å²) in [6, 6.07) is 4.57. The Bertz CT molecular complexity index is 486. The van der Waals surface area contributed by atoms with Crippen molar-refractivity contribution in [3.05, 3.63) is 29.8 Å². The minimum absolute atomic E-state index is 0.0838. The lowest BCUT2D eigenvalue weighted by atomic mass is 9.45. The Labute approximate surface area is 108 Å². The van der Waals surface area contributed by atoms with Crippen LogP contribution >= 0.6 is 0 Å². The van der Waals surface area contributed by atoms with Crippen molar-refractivity contribution in [2.24, 2.45) is 5.73 Å². The van der Waals surface area contributed by atoms with Crippen LogP contribution in [0.4, 0.5) is 9.59 Å². The monoisotopic (exact) mass is 265 g/mol. The summed E-state index contributed by atoms with van der Waals surface area (Å²) in [7, 11) is 0. The molecule has 7 nitrogen and oxygen atoms in total. The van der Waals surface area contributed by atoms with Gasteiger partial charge in [-0.3, -0.25) is 14.4 Å².